The van der Waals surface area contributed by atoms with Crippen molar-refractivity contribution in [3.8, 4) is 0 Å². The minimum absolute atomic E-state index is 0.258. The maximum absolute atomic E-state index is 6.19. The van der Waals surface area contributed by atoms with Crippen molar-refractivity contribution in [1.82, 2.24) is 10.2 Å². The van der Waals surface area contributed by atoms with Gasteiger partial charge >= 0.3 is 0 Å². The van der Waals surface area contributed by atoms with Crippen LogP contribution in [0.2, 0.25) is 4.34 Å². The Morgan fingerprint density at radius 2 is 2.31 bits per heavy atom. The van der Waals surface area contributed by atoms with Gasteiger partial charge in [0.15, 0.2) is 0 Å². The maximum atomic E-state index is 6.19. The Kier molecular flexibility index (Phi) is 2.66. The lowest BCUT2D eigenvalue weighted by atomic mass is 10.2. The van der Waals surface area contributed by atoms with E-state index in [1.54, 1.807) is 0 Å². The average molecular weight is 289 g/mol. The van der Waals surface area contributed by atoms with Crippen LogP contribution in [0.1, 0.15) is 24.0 Å². The average Bonchev–Trinajstić information content (AvgIpc) is 2.72. The van der Waals surface area contributed by atoms with Gasteiger partial charge in [-0.25, -0.2) is 0 Å². The summed E-state index contributed by atoms with van der Waals surface area (Å²) in [4.78, 5) is 4.01. The second kappa shape index (κ2) is 3.91. The number of rotatable bonds is 0. The van der Waals surface area contributed by atoms with Gasteiger partial charge in [-0.15, -0.1) is 11.3 Å². The smallest absolute Gasteiger partial charge is 0.109 e. The topological polar surface area (TPSA) is 15.3 Å². The largest absolute Gasteiger partial charge is 0.356 e. The van der Waals surface area contributed by atoms with E-state index in [4.69, 9.17) is 36.0 Å². The third kappa shape index (κ3) is 1.57. The molecule has 0 spiro atoms. The maximum Gasteiger partial charge on any atom is 0.109 e. The minimum atomic E-state index is 0.258. The molecule has 1 N–H and O–H groups in total. The Balaban J connectivity index is 2.06. The first-order valence-electron chi connectivity index (χ1n) is 5.03. The molecule has 2 nitrogen and oxygen atoms in total. The van der Waals surface area contributed by atoms with Crippen LogP contribution in [0.3, 0.4) is 0 Å². The van der Waals surface area contributed by atoms with Crippen molar-refractivity contribution in [1.29, 1.82) is 0 Å². The van der Waals surface area contributed by atoms with Gasteiger partial charge in [-0.2, -0.15) is 0 Å². The van der Waals surface area contributed by atoms with Crippen LogP contribution < -0.4 is 5.32 Å². The second-order valence-electron chi connectivity index (χ2n) is 3.95. The molecule has 16 heavy (non-hydrogen) atoms. The molecule has 84 valence electrons. The number of thiophene rings is 1. The zero-order chi connectivity index (χ0) is 11.3. The van der Waals surface area contributed by atoms with E-state index in [-0.39, 0.29) is 6.17 Å². The van der Waals surface area contributed by atoms with Gasteiger partial charge in [0.25, 0.3) is 0 Å². The molecule has 0 radical (unpaired) electrons. The first kappa shape index (κ1) is 10.9. The molecule has 0 aromatic carbocycles. The minimum Gasteiger partial charge on any atom is -0.356 e. The molecule has 0 amide bonds. The number of thiocarbonyl (C=S) groups is 2. The van der Waals surface area contributed by atoms with Crippen LogP contribution in [-0.4, -0.2) is 21.0 Å². The van der Waals surface area contributed by atoms with Crippen LogP contribution in [0.25, 0.3) is 0 Å². The third-order valence-corrected chi connectivity index (χ3v) is 5.12. The molecule has 3 heterocycles. The Bertz CT molecular complexity index is 482. The third-order valence-electron chi connectivity index (χ3n) is 3.04. The van der Waals surface area contributed by atoms with Crippen molar-refractivity contribution in [2.75, 3.05) is 0 Å². The molecule has 1 saturated heterocycles. The van der Waals surface area contributed by atoms with Crippen molar-refractivity contribution in [2.24, 2.45) is 0 Å². The van der Waals surface area contributed by atoms with E-state index < -0.39 is 0 Å². The van der Waals surface area contributed by atoms with Gasteiger partial charge in [0.2, 0.25) is 0 Å². The SMILES string of the molecule is S=C1NC2CCC(=S)N2Cc2c1csc2Cl. The first-order valence-corrected chi connectivity index (χ1v) is 7.10. The normalized spacial score (nSPS) is 23.8. The molecular formula is C10H9ClN2S3. The zero-order valence-corrected chi connectivity index (χ0v) is 11.5. The summed E-state index contributed by atoms with van der Waals surface area (Å²) in [6.07, 6.45) is 2.25. The monoisotopic (exact) mass is 288 g/mol. The molecule has 1 fully saturated rings. The van der Waals surface area contributed by atoms with Gasteiger partial charge in [-0.1, -0.05) is 36.0 Å². The van der Waals surface area contributed by atoms with Gasteiger partial charge < -0.3 is 10.2 Å². The van der Waals surface area contributed by atoms with E-state index in [1.807, 2.05) is 5.38 Å². The molecule has 6 heteroatoms. The van der Waals surface area contributed by atoms with Crippen LogP contribution in [0, 0.1) is 0 Å². The van der Waals surface area contributed by atoms with E-state index in [0.29, 0.717) is 0 Å². The highest BCUT2D eigenvalue weighted by Crippen LogP contribution is 2.34. The van der Waals surface area contributed by atoms with E-state index in [2.05, 4.69) is 10.2 Å². The summed E-state index contributed by atoms with van der Waals surface area (Å²) in [6, 6.07) is 0. The van der Waals surface area contributed by atoms with Crippen molar-refractivity contribution < 1.29 is 0 Å². The van der Waals surface area contributed by atoms with Gasteiger partial charge in [0, 0.05) is 29.5 Å². The van der Waals surface area contributed by atoms with Crippen LogP contribution in [-0.2, 0) is 6.54 Å². The molecule has 1 unspecified atom stereocenters. The fourth-order valence-electron chi connectivity index (χ4n) is 2.18. The molecule has 3 rings (SSSR count). The highest BCUT2D eigenvalue weighted by molar-refractivity contribution is 7.80. The number of hydrogen-bond donors (Lipinski definition) is 1. The summed E-state index contributed by atoms with van der Waals surface area (Å²) in [7, 11) is 0. The lowest BCUT2D eigenvalue weighted by molar-refractivity contribution is 0.320. The fraction of sp³-hybridized carbons (Fsp3) is 0.400. The number of nitrogens with one attached hydrogen (secondary N) is 1. The quantitative estimate of drug-likeness (QED) is 0.738. The summed E-state index contributed by atoms with van der Waals surface area (Å²) in [5.41, 5.74) is 2.19. The molecule has 0 bridgehead atoms. The van der Waals surface area contributed by atoms with Crippen molar-refractivity contribution in [2.45, 2.75) is 25.6 Å². The summed E-state index contributed by atoms with van der Waals surface area (Å²) >= 11 is 18.5. The number of halogens is 1. The fourth-order valence-corrected chi connectivity index (χ4v) is 3.97. The predicted molar refractivity (Wildman–Crippen MR) is 75.3 cm³/mol. The lowest BCUT2D eigenvalue weighted by Gasteiger charge is -2.24. The molecular weight excluding hydrogens is 280 g/mol. The van der Waals surface area contributed by atoms with Crippen molar-refractivity contribution >= 4 is 57.4 Å². The molecule has 1 aromatic heterocycles. The van der Waals surface area contributed by atoms with Crippen LogP contribution in [0.4, 0.5) is 0 Å². The Morgan fingerprint density at radius 3 is 3.12 bits per heavy atom. The number of hydrogen-bond acceptors (Lipinski definition) is 3. The highest BCUT2D eigenvalue weighted by atomic mass is 35.5. The number of fused-ring (bicyclic) bond motifs is 2. The summed E-state index contributed by atoms with van der Waals surface area (Å²) in [6.45, 7) is 0.786. The van der Waals surface area contributed by atoms with E-state index in [9.17, 15) is 0 Å². The van der Waals surface area contributed by atoms with Crippen LogP contribution in [0.15, 0.2) is 5.38 Å². The molecule has 1 atom stereocenters. The standard InChI is InChI=1S/C10H9ClN2S3/c11-9-5-3-13-7(1-2-8(13)14)12-10(15)6(5)4-16-9/h4,7H,1-3H2,(H,12,15). The molecule has 2 aliphatic heterocycles. The summed E-state index contributed by atoms with van der Waals surface area (Å²) in [5.74, 6) is 0. The Hall–Kier alpha value is -0.230. The molecule has 2 aliphatic rings. The van der Waals surface area contributed by atoms with Gasteiger partial charge in [0.05, 0.1) is 9.32 Å². The van der Waals surface area contributed by atoms with E-state index >= 15 is 0 Å². The van der Waals surface area contributed by atoms with Crippen molar-refractivity contribution in [3.63, 3.8) is 0 Å². The molecule has 1 aromatic rings. The predicted octanol–water partition coefficient (Wildman–Crippen LogP) is 2.93. The van der Waals surface area contributed by atoms with Crippen molar-refractivity contribution in [3.05, 3.63) is 20.8 Å². The van der Waals surface area contributed by atoms with Crippen LogP contribution in [0.5, 0.6) is 0 Å². The summed E-state index contributed by atoms with van der Waals surface area (Å²) < 4.78 is 0.828. The van der Waals surface area contributed by atoms with E-state index in [0.717, 1.165) is 44.8 Å². The second-order valence-corrected chi connectivity index (χ2v) is 6.31. The Morgan fingerprint density at radius 1 is 1.50 bits per heavy atom. The lowest BCUT2D eigenvalue weighted by Crippen LogP contribution is -2.42. The van der Waals surface area contributed by atoms with Crippen LogP contribution >= 0.6 is 47.4 Å². The summed E-state index contributed by atoms with van der Waals surface area (Å²) in [5, 5.41) is 5.38. The number of nitrogens with zero attached hydrogens (tertiary/aromatic N) is 1. The molecule has 0 saturated carbocycles. The zero-order valence-electron chi connectivity index (χ0n) is 8.33. The highest BCUT2D eigenvalue weighted by Gasteiger charge is 2.33. The van der Waals surface area contributed by atoms with Gasteiger partial charge in [-0.3, -0.25) is 0 Å². The Labute approximate surface area is 114 Å². The first-order chi connectivity index (χ1) is 7.66. The molecule has 0 aliphatic carbocycles. The van der Waals surface area contributed by atoms with Gasteiger partial charge in [0.1, 0.15) is 11.2 Å². The van der Waals surface area contributed by atoms with E-state index in [1.165, 1.54) is 11.3 Å². The van der Waals surface area contributed by atoms with Gasteiger partial charge in [-0.05, 0) is 6.42 Å².